The predicted molar refractivity (Wildman–Crippen MR) is 162 cm³/mol. The van der Waals surface area contributed by atoms with Crippen LogP contribution in [0.4, 0.5) is 10.1 Å². The maximum Gasteiger partial charge on any atom is 0.264 e. The van der Waals surface area contributed by atoms with Crippen molar-refractivity contribution in [2.45, 2.75) is 30.8 Å². The van der Waals surface area contributed by atoms with E-state index in [-0.39, 0.29) is 23.5 Å². The largest absolute Gasteiger partial charge is 0.357 e. The average molecular weight is 608 g/mol. The van der Waals surface area contributed by atoms with Gasteiger partial charge in [0.1, 0.15) is 18.4 Å². The van der Waals surface area contributed by atoms with Gasteiger partial charge in [-0.15, -0.1) is 0 Å². The summed E-state index contributed by atoms with van der Waals surface area (Å²) in [6.45, 7) is 1.17. The Hall–Kier alpha value is -4.21. The van der Waals surface area contributed by atoms with Gasteiger partial charge in [-0.25, -0.2) is 12.8 Å². The van der Waals surface area contributed by atoms with E-state index in [9.17, 15) is 22.4 Å². The van der Waals surface area contributed by atoms with Crippen LogP contribution in [-0.2, 0) is 32.6 Å². The van der Waals surface area contributed by atoms with Crippen LogP contribution in [0.15, 0.2) is 108 Å². The number of nitrogens with zero attached hydrogens (tertiary/aromatic N) is 2. The summed E-state index contributed by atoms with van der Waals surface area (Å²) in [4.78, 5) is 28.8. The Labute approximate surface area is 250 Å². The molecular formula is C32H31ClFN3O4S. The van der Waals surface area contributed by atoms with Crippen LogP contribution >= 0.6 is 11.6 Å². The zero-order chi connectivity index (χ0) is 30.3. The number of benzene rings is 4. The fraction of sp³-hybridized carbons (Fsp3) is 0.188. The van der Waals surface area contributed by atoms with Gasteiger partial charge in [0.05, 0.1) is 10.6 Å². The molecule has 0 spiro atoms. The number of aryl methyl sites for hydroxylation is 1. The minimum absolute atomic E-state index is 0.00176. The van der Waals surface area contributed by atoms with Crippen molar-refractivity contribution in [2.24, 2.45) is 0 Å². The lowest BCUT2D eigenvalue weighted by atomic mass is 10.0. The van der Waals surface area contributed by atoms with Crippen molar-refractivity contribution in [1.29, 1.82) is 0 Å². The number of sulfonamides is 1. The third-order valence-corrected chi connectivity index (χ3v) is 8.79. The highest BCUT2D eigenvalue weighted by Crippen LogP contribution is 2.27. The Morgan fingerprint density at radius 3 is 2.17 bits per heavy atom. The first-order valence-electron chi connectivity index (χ1n) is 13.2. The van der Waals surface area contributed by atoms with Crippen molar-refractivity contribution in [1.82, 2.24) is 10.2 Å². The van der Waals surface area contributed by atoms with E-state index in [0.29, 0.717) is 10.6 Å². The minimum atomic E-state index is -4.23. The van der Waals surface area contributed by atoms with Gasteiger partial charge >= 0.3 is 0 Å². The van der Waals surface area contributed by atoms with Crippen molar-refractivity contribution in [3.05, 3.63) is 131 Å². The molecule has 1 N–H and O–H groups in total. The first-order chi connectivity index (χ1) is 20.1. The normalized spacial score (nSPS) is 11.9. The molecule has 42 heavy (non-hydrogen) atoms. The lowest BCUT2D eigenvalue weighted by molar-refractivity contribution is -0.139. The van der Waals surface area contributed by atoms with Gasteiger partial charge in [-0.2, -0.15) is 0 Å². The van der Waals surface area contributed by atoms with Gasteiger partial charge in [0.25, 0.3) is 10.0 Å². The third kappa shape index (κ3) is 7.54. The van der Waals surface area contributed by atoms with Crippen LogP contribution in [0.5, 0.6) is 0 Å². The van der Waals surface area contributed by atoms with Crippen molar-refractivity contribution < 1.29 is 22.4 Å². The van der Waals surface area contributed by atoms with Gasteiger partial charge in [0, 0.05) is 25.0 Å². The summed E-state index contributed by atoms with van der Waals surface area (Å²) >= 11 is 6.23. The van der Waals surface area contributed by atoms with Crippen LogP contribution in [0, 0.1) is 12.7 Å². The Kier molecular flexibility index (Phi) is 9.98. The number of rotatable bonds is 11. The molecule has 4 rings (SSSR count). The number of nitrogens with one attached hydrogen (secondary N) is 1. The van der Waals surface area contributed by atoms with E-state index >= 15 is 0 Å². The molecular weight excluding hydrogens is 577 g/mol. The van der Waals surface area contributed by atoms with Gasteiger partial charge in [-0.1, -0.05) is 77.8 Å². The van der Waals surface area contributed by atoms with E-state index in [1.807, 2.05) is 37.3 Å². The number of halogens is 2. The Bertz CT molecular complexity index is 1630. The van der Waals surface area contributed by atoms with Crippen LogP contribution < -0.4 is 9.62 Å². The summed E-state index contributed by atoms with van der Waals surface area (Å²) in [5, 5.41) is 2.92. The average Bonchev–Trinajstić information content (AvgIpc) is 2.98. The number of anilines is 1. The van der Waals surface area contributed by atoms with Crippen molar-refractivity contribution in [3.8, 4) is 0 Å². The van der Waals surface area contributed by atoms with E-state index in [2.05, 4.69) is 5.32 Å². The number of carbonyl (C=O) groups excluding carboxylic acids is 2. The van der Waals surface area contributed by atoms with Gasteiger partial charge < -0.3 is 10.2 Å². The van der Waals surface area contributed by atoms with Crippen LogP contribution in [0.25, 0.3) is 0 Å². The lowest BCUT2D eigenvalue weighted by Crippen LogP contribution is -2.53. The summed E-state index contributed by atoms with van der Waals surface area (Å²) in [6, 6.07) is 26.3. The highest BCUT2D eigenvalue weighted by Gasteiger charge is 2.34. The molecule has 0 saturated heterocycles. The fourth-order valence-electron chi connectivity index (χ4n) is 4.50. The second-order valence-corrected chi connectivity index (χ2v) is 12.1. The fourth-order valence-corrected chi connectivity index (χ4v) is 6.10. The second kappa shape index (κ2) is 13.6. The molecule has 218 valence electrons. The first kappa shape index (κ1) is 30.7. The zero-order valence-electron chi connectivity index (χ0n) is 23.2. The first-order valence-corrected chi connectivity index (χ1v) is 15.0. The second-order valence-electron chi connectivity index (χ2n) is 9.77. The Balaban J connectivity index is 1.78. The molecule has 0 bridgehead atoms. The summed E-state index contributed by atoms with van der Waals surface area (Å²) in [7, 11) is -2.75. The maximum atomic E-state index is 14.2. The monoisotopic (exact) mass is 607 g/mol. The molecule has 1 atom stereocenters. The molecule has 0 radical (unpaired) electrons. The molecule has 0 aliphatic carbocycles. The van der Waals surface area contributed by atoms with Crippen LogP contribution in [0.1, 0.15) is 16.7 Å². The highest BCUT2D eigenvalue weighted by atomic mass is 35.5. The molecule has 0 aliphatic rings. The summed E-state index contributed by atoms with van der Waals surface area (Å²) in [5.74, 6) is -1.50. The molecule has 0 aromatic heterocycles. The van der Waals surface area contributed by atoms with Crippen LogP contribution in [0.3, 0.4) is 0 Å². The smallest absolute Gasteiger partial charge is 0.264 e. The topological polar surface area (TPSA) is 86.8 Å². The molecule has 4 aromatic carbocycles. The van der Waals surface area contributed by atoms with Gasteiger partial charge in [-0.05, 0) is 60.5 Å². The van der Waals surface area contributed by atoms with Crippen molar-refractivity contribution >= 4 is 39.1 Å². The Morgan fingerprint density at radius 1 is 0.881 bits per heavy atom. The number of likely N-dealkylation sites (N-methyl/N-ethyl adjacent to an activating group) is 1. The molecule has 7 nitrogen and oxygen atoms in total. The van der Waals surface area contributed by atoms with Crippen LogP contribution in [0.2, 0.25) is 5.02 Å². The SMILES string of the molecule is CNC(=O)[C@@H](Cc1ccccc1)N(Cc1ccc(F)cc1)C(=O)CN(c1cccc(Cl)c1)S(=O)(=O)c1ccc(C)cc1. The maximum absolute atomic E-state index is 14.2. The van der Waals surface area contributed by atoms with Crippen molar-refractivity contribution in [3.63, 3.8) is 0 Å². The molecule has 10 heteroatoms. The van der Waals surface area contributed by atoms with E-state index < -0.39 is 40.2 Å². The standard InChI is InChI=1S/C32H31ClFN3O4S/c1-23-11-17-29(18-12-23)42(40,41)37(28-10-6-9-26(33)20-28)22-31(38)36(21-25-13-15-27(34)16-14-25)30(32(39)35-2)19-24-7-4-3-5-8-24/h3-18,20,30H,19,21-22H2,1-2H3,(H,35,39)/t30-/m1/s1. The summed E-state index contributed by atoms with van der Waals surface area (Å²) in [5.41, 5.74) is 2.45. The number of hydrogen-bond donors (Lipinski definition) is 1. The lowest BCUT2D eigenvalue weighted by Gasteiger charge is -2.33. The molecule has 0 fully saturated rings. The predicted octanol–water partition coefficient (Wildman–Crippen LogP) is 5.37. The zero-order valence-corrected chi connectivity index (χ0v) is 24.8. The minimum Gasteiger partial charge on any atom is -0.357 e. The van der Waals surface area contributed by atoms with Crippen LogP contribution in [-0.4, -0.2) is 44.8 Å². The summed E-state index contributed by atoms with van der Waals surface area (Å²) < 4.78 is 42.6. The number of hydrogen-bond acceptors (Lipinski definition) is 4. The molecule has 0 heterocycles. The van der Waals surface area contributed by atoms with Gasteiger partial charge in [0.15, 0.2) is 0 Å². The van der Waals surface area contributed by atoms with E-state index in [0.717, 1.165) is 15.4 Å². The number of carbonyl (C=O) groups is 2. The molecule has 0 saturated carbocycles. The molecule has 0 aliphatic heterocycles. The summed E-state index contributed by atoms with van der Waals surface area (Å²) in [6.07, 6.45) is 0.176. The number of amides is 2. The van der Waals surface area contributed by atoms with Crippen molar-refractivity contribution in [2.75, 3.05) is 17.9 Å². The molecule has 4 aromatic rings. The van der Waals surface area contributed by atoms with E-state index in [1.165, 1.54) is 54.4 Å². The third-order valence-electron chi connectivity index (χ3n) is 6.77. The van der Waals surface area contributed by atoms with E-state index in [4.69, 9.17) is 11.6 Å². The quantitative estimate of drug-likeness (QED) is 0.248. The Morgan fingerprint density at radius 2 is 1.55 bits per heavy atom. The molecule has 2 amide bonds. The van der Waals surface area contributed by atoms with E-state index in [1.54, 1.807) is 30.3 Å². The molecule has 0 unspecified atom stereocenters. The highest BCUT2D eigenvalue weighted by molar-refractivity contribution is 7.92. The van der Waals surface area contributed by atoms with Gasteiger partial charge in [-0.3, -0.25) is 13.9 Å². The van der Waals surface area contributed by atoms with Gasteiger partial charge in [0.2, 0.25) is 11.8 Å².